The van der Waals surface area contributed by atoms with Gasteiger partial charge in [-0.3, -0.25) is 4.79 Å². The van der Waals surface area contributed by atoms with E-state index in [9.17, 15) is 10.1 Å². The number of fused-ring (bicyclic) bond motifs is 1. The van der Waals surface area contributed by atoms with Gasteiger partial charge in [-0.1, -0.05) is 48.5 Å². The second-order valence-corrected chi connectivity index (χ2v) is 6.63. The Hall–Kier alpha value is -2.86. The van der Waals surface area contributed by atoms with Gasteiger partial charge in [-0.05, 0) is 48.4 Å². The Bertz CT molecular complexity index is 835. The topological polar surface area (TPSA) is 50.1 Å². The first-order chi connectivity index (χ1) is 12.1. The van der Waals surface area contributed by atoms with Crippen molar-refractivity contribution in [1.82, 2.24) is 0 Å². The third-order valence-corrected chi connectivity index (χ3v) is 5.21. The number of nitriles is 1. The fourth-order valence-corrected chi connectivity index (χ4v) is 3.74. The molecule has 0 amide bonds. The number of hydrogen-bond donors (Lipinski definition) is 0. The molecule has 3 rings (SSSR count). The third kappa shape index (κ3) is 2.96. The molecule has 25 heavy (non-hydrogen) atoms. The maximum atomic E-state index is 13.0. The summed E-state index contributed by atoms with van der Waals surface area (Å²) < 4.78 is 5.67. The molecule has 0 bridgehead atoms. The van der Waals surface area contributed by atoms with E-state index in [-0.39, 0.29) is 18.5 Å². The average Bonchev–Trinajstić information content (AvgIpc) is 2.94. The molecule has 0 aromatic heterocycles. The molecule has 3 heteroatoms. The summed E-state index contributed by atoms with van der Waals surface area (Å²) in [6, 6.07) is 17.5. The SMILES string of the molecule is C=CC[C@H]1Cc2c(C#N)cccc2[C@@]1(C)C(=O)OCc1ccccc1. The summed E-state index contributed by atoms with van der Waals surface area (Å²) >= 11 is 0. The van der Waals surface area contributed by atoms with E-state index in [4.69, 9.17) is 4.74 Å². The van der Waals surface area contributed by atoms with Crippen LogP contribution in [0.3, 0.4) is 0 Å². The van der Waals surface area contributed by atoms with E-state index in [1.807, 2.05) is 61.5 Å². The van der Waals surface area contributed by atoms with Gasteiger partial charge in [0.25, 0.3) is 0 Å². The van der Waals surface area contributed by atoms with Crippen molar-refractivity contribution in [3.63, 3.8) is 0 Å². The molecular formula is C22H21NO2. The average molecular weight is 331 g/mol. The fraction of sp³-hybridized carbons (Fsp3) is 0.273. The second-order valence-electron chi connectivity index (χ2n) is 6.63. The lowest BCUT2D eigenvalue weighted by Gasteiger charge is -2.30. The highest BCUT2D eigenvalue weighted by molar-refractivity contribution is 5.85. The van der Waals surface area contributed by atoms with E-state index < -0.39 is 5.41 Å². The summed E-state index contributed by atoms with van der Waals surface area (Å²) in [7, 11) is 0. The van der Waals surface area contributed by atoms with Crippen molar-refractivity contribution < 1.29 is 9.53 Å². The number of allylic oxidation sites excluding steroid dienone is 1. The summed E-state index contributed by atoms with van der Waals surface area (Å²) in [5, 5.41) is 9.39. The molecule has 0 aliphatic heterocycles. The summed E-state index contributed by atoms with van der Waals surface area (Å²) in [5.74, 6) is -0.185. The largest absolute Gasteiger partial charge is 0.460 e. The van der Waals surface area contributed by atoms with Crippen LogP contribution in [0.1, 0.15) is 35.6 Å². The quantitative estimate of drug-likeness (QED) is 0.606. The normalized spacial score (nSPS) is 21.2. The van der Waals surface area contributed by atoms with Crippen LogP contribution < -0.4 is 0 Å². The van der Waals surface area contributed by atoms with Crippen molar-refractivity contribution in [3.8, 4) is 6.07 Å². The van der Waals surface area contributed by atoms with Crippen LogP contribution in [0.2, 0.25) is 0 Å². The molecule has 2 aromatic rings. The van der Waals surface area contributed by atoms with E-state index in [1.165, 1.54) is 0 Å². The Labute approximate surface area is 148 Å². The number of carbonyl (C=O) groups excluding carboxylic acids is 1. The van der Waals surface area contributed by atoms with E-state index in [0.29, 0.717) is 18.4 Å². The van der Waals surface area contributed by atoms with Crippen LogP contribution in [0.4, 0.5) is 0 Å². The monoisotopic (exact) mass is 331 g/mol. The van der Waals surface area contributed by atoms with E-state index >= 15 is 0 Å². The molecule has 0 heterocycles. The number of carbonyl (C=O) groups is 1. The van der Waals surface area contributed by atoms with Gasteiger partial charge in [0.2, 0.25) is 0 Å². The lowest BCUT2D eigenvalue weighted by molar-refractivity contribution is -0.153. The number of nitrogens with zero attached hydrogens (tertiary/aromatic N) is 1. The zero-order chi connectivity index (χ0) is 17.9. The smallest absolute Gasteiger partial charge is 0.316 e. The molecule has 2 atom stereocenters. The Kier molecular flexibility index (Phi) is 4.72. The molecule has 0 unspecified atom stereocenters. The highest BCUT2D eigenvalue weighted by Gasteiger charge is 2.50. The first-order valence-electron chi connectivity index (χ1n) is 8.45. The fourth-order valence-electron chi connectivity index (χ4n) is 3.74. The van der Waals surface area contributed by atoms with Gasteiger partial charge < -0.3 is 4.74 Å². The summed E-state index contributed by atoms with van der Waals surface area (Å²) in [6.45, 7) is 6.02. The van der Waals surface area contributed by atoms with Gasteiger partial charge in [0.1, 0.15) is 6.61 Å². The molecule has 0 N–H and O–H groups in total. The van der Waals surface area contributed by atoms with Gasteiger partial charge in [-0.25, -0.2) is 0 Å². The predicted octanol–water partition coefficient (Wildman–Crippen LogP) is 4.31. The third-order valence-electron chi connectivity index (χ3n) is 5.21. The van der Waals surface area contributed by atoms with Crippen LogP contribution in [-0.4, -0.2) is 5.97 Å². The van der Waals surface area contributed by atoms with Crippen molar-refractivity contribution in [2.45, 2.75) is 31.8 Å². The lowest BCUT2D eigenvalue weighted by atomic mass is 9.75. The maximum absolute atomic E-state index is 13.0. The van der Waals surface area contributed by atoms with Crippen molar-refractivity contribution in [2.75, 3.05) is 0 Å². The molecule has 1 aliphatic rings. The summed E-state index contributed by atoms with van der Waals surface area (Å²) in [5.41, 5.74) is 2.73. The van der Waals surface area contributed by atoms with Crippen molar-refractivity contribution in [3.05, 3.63) is 83.4 Å². The van der Waals surface area contributed by atoms with E-state index in [1.54, 1.807) is 0 Å². The van der Waals surface area contributed by atoms with Crippen LogP contribution >= 0.6 is 0 Å². The molecule has 0 radical (unpaired) electrons. The molecule has 0 saturated heterocycles. The Morgan fingerprint density at radius 1 is 1.32 bits per heavy atom. The summed E-state index contributed by atoms with van der Waals surface area (Å²) in [6.07, 6.45) is 3.24. The molecule has 0 fully saturated rings. The molecule has 0 spiro atoms. The Morgan fingerprint density at radius 3 is 2.76 bits per heavy atom. The lowest BCUT2D eigenvalue weighted by Crippen LogP contribution is -2.38. The van der Waals surface area contributed by atoms with Crippen molar-refractivity contribution in [1.29, 1.82) is 5.26 Å². The zero-order valence-corrected chi connectivity index (χ0v) is 14.4. The zero-order valence-electron chi connectivity index (χ0n) is 14.4. The Morgan fingerprint density at radius 2 is 2.08 bits per heavy atom. The highest BCUT2D eigenvalue weighted by atomic mass is 16.5. The van der Waals surface area contributed by atoms with Gasteiger partial charge in [-0.2, -0.15) is 5.26 Å². The van der Waals surface area contributed by atoms with Crippen LogP contribution in [-0.2, 0) is 28.0 Å². The Balaban J connectivity index is 1.92. The molecule has 1 aliphatic carbocycles. The number of rotatable bonds is 5. The minimum absolute atomic E-state index is 0.0535. The first kappa shape index (κ1) is 17.0. The number of esters is 1. The minimum Gasteiger partial charge on any atom is -0.460 e. The minimum atomic E-state index is -0.759. The molecule has 126 valence electrons. The number of benzene rings is 2. The molecule has 2 aromatic carbocycles. The maximum Gasteiger partial charge on any atom is 0.316 e. The van der Waals surface area contributed by atoms with Crippen LogP contribution in [0.25, 0.3) is 0 Å². The van der Waals surface area contributed by atoms with Gasteiger partial charge in [-0.15, -0.1) is 6.58 Å². The van der Waals surface area contributed by atoms with Crippen LogP contribution in [0.5, 0.6) is 0 Å². The van der Waals surface area contributed by atoms with Crippen molar-refractivity contribution in [2.24, 2.45) is 5.92 Å². The summed E-state index contributed by atoms with van der Waals surface area (Å²) in [4.78, 5) is 13.0. The first-order valence-corrected chi connectivity index (χ1v) is 8.45. The molecule has 0 saturated carbocycles. The standard InChI is InChI=1S/C22H21NO2/c1-3-8-18-13-19-17(14-23)11-7-12-20(19)22(18,2)21(24)25-15-16-9-5-4-6-10-16/h3-7,9-12,18H,1,8,13,15H2,2H3/t18-,22-/m0/s1. The molecule has 3 nitrogen and oxygen atoms in total. The van der Waals surface area contributed by atoms with Gasteiger partial charge in [0.05, 0.1) is 17.0 Å². The second kappa shape index (κ2) is 6.94. The van der Waals surface area contributed by atoms with Gasteiger partial charge in [0, 0.05) is 0 Å². The van der Waals surface area contributed by atoms with E-state index in [0.717, 1.165) is 16.7 Å². The number of ether oxygens (including phenoxy) is 1. The van der Waals surface area contributed by atoms with E-state index in [2.05, 4.69) is 12.6 Å². The van der Waals surface area contributed by atoms with Crippen LogP contribution in [0, 0.1) is 17.2 Å². The van der Waals surface area contributed by atoms with Crippen molar-refractivity contribution >= 4 is 5.97 Å². The van der Waals surface area contributed by atoms with Gasteiger partial charge in [0.15, 0.2) is 0 Å². The van der Waals surface area contributed by atoms with Gasteiger partial charge >= 0.3 is 5.97 Å². The molecular weight excluding hydrogens is 310 g/mol. The number of hydrogen-bond acceptors (Lipinski definition) is 3. The highest BCUT2D eigenvalue weighted by Crippen LogP contribution is 2.47. The predicted molar refractivity (Wildman–Crippen MR) is 96.8 cm³/mol. The van der Waals surface area contributed by atoms with Crippen LogP contribution in [0.15, 0.2) is 61.2 Å².